The second-order valence-electron chi connectivity index (χ2n) is 1.18. The van der Waals surface area contributed by atoms with Crippen LogP contribution in [0.2, 0.25) is 0 Å². The highest BCUT2D eigenvalue weighted by Crippen LogP contribution is 1.95. The minimum Gasteiger partial charge on any atom is -0.248 e. The first-order valence-electron chi connectivity index (χ1n) is 2.01. The van der Waals surface area contributed by atoms with Gasteiger partial charge in [-0.2, -0.15) is 0 Å². The molecule has 0 aliphatic carbocycles. The van der Waals surface area contributed by atoms with Gasteiger partial charge in [-0.3, -0.25) is 0 Å². The minimum atomic E-state index is -1.58. The van der Waals surface area contributed by atoms with E-state index in [9.17, 15) is 12.7 Å². The van der Waals surface area contributed by atoms with Crippen LogP contribution in [-0.4, -0.2) is 19.4 Å². The number of hydrogen-bond donors (Lipinski definition) is 1. The van der Waals surface area contributed by atoms with Crippen LogP contribution < -0.4 is 4.72 Å². The molecule has 0 aliphatic rings. The highest BCUT2D eigenvalue weighted by atomic mass is 32.2. The lowest BCUT2D eigenvalue weighted by Gasteiger charge is -1.98. The highest BCUT2D eigenvalue weighted by Gasteiger charge is 2.02. The zero-order valence-corrected chi connectivity index (χ0v) is 4.85. The van der Waals surface area contributed by atoms with Gasteiger partial charge in [-0.05, 0) is 0 Å². The van der Waals surface area contributed by atoms with E-state index in [0.717, 1.165) is 0 Å². The normalized spacial score (nSPS) is 13.9. The maximum absolute atomic E-state index is 11.7. The van der Waals surface area contributed by atoms with Crippen molar-refractivity contribution >= 4 is 12.3 Å². The molecule has 0 aromatic carbocycles. The molecule has 5 heteroatoms. The Morgan fingerprint density at radius 3 is 2.62 bits per heavy atom. The number of halogens is 3. The molecule has 0 saturated heterocycles. The first-order chi connectivity index (χ1) is 3.81. The summed E-state index contributed by atoms with van der Waals surface area (Å²) in [5, 5.41) is 0. The fourth-order valence-corrected chi connectivity index (χ4v) is 0.420. The van der Waals surface area contributed by atoms with Crippen molar-refractivity contribution in [3.05, 3.63) is 0 Å². The van der Waals surface area contributed by atoms with Crippen LogP contribution in [0.3, 0.4) is 0 Å². The molecule has 0 rings (SSSR count). The molecule has 0 fully saturated rings. The van der Waals surface area contributed by atoms with E-state index in [0.29, 0.717) is 0 Å². The van der Waals surface area contributed by atoms with Gasteiger partial charge in [0.05, 0.1) is 0 Å². The van der Waals surface area contributed by atoms with Crippen molar-refractivity contribution in [2.75, 3.05) is 13.2 Å². The van der Waals surface area contributed by atoms with Crippen molar-refractivity contribution in [1.29, 1.82) is 0 Å². The summed E-state index contributed by atoms with van der Waals surface area (Å²) >= 11 is -0.211. The Bertz CT molecular complexity index is 53.8. The smallest absolute Gasteiger partial charge is 0.142 e. The maximum atomic E-state index is 11.7. The van der Waals surface area contributed by atoms with Gasteiger partial charge >= 0.3 is 0 Å². The molecule has 0 saturated carbocycles. The standard InChI is InChI=1S/C3H6F3NS/c4-1-3(5)2-7-8-6/h3,7H,1-2H2. The molecule has 0 amide bonds. The van der Waals surface area contributed by atoms with E-state index in [1.807, 2.05) is 4.72 Å². The minimum absolute atomic E-state index is 0.211. The molecule has 8 heavy (non-hydrogen) atoms. The Hall–Kier alpha value is 0.1000. The molecule has 1 N–H and O–H groups in total. The van der Waals surface area contributed by atoms with Crippen LogP contribution in [0, 0.1) is 0 Å². The van der Waals surface area contributed by atoms with Gasteiger partial charge in [0.1, 0.15) is 25.2 Å². The Labute approximate surface area is 50.1 Å². The highest BCUT2D eigenvalue weighted by molar-refractivity contribution is 7.92. The summed E-state index contributed by atoms with van der Waals surface area (Å²) < 4.78 is 35.8. The van der Waals surface area contributed by atoms with Crippen molar-refractivity contribution in [3.8, 4) is 0 Å². The number of nitrogens with one attached hydrogen (secondary N) is 1. The summed E-state index contributed by atoms with van der Waals surface area (Å²) in [7, 11) is 0. The van der Waals surface area contributed by atoms with Crippen molar-refractivity contribution in [1.82, 2.24) is 4.72 Å². The molecule has 1 unspecified atom stereocenters. The quantitative estimate of drug-likeness (QED) is 0.600. The molecule has 0 spiro atoms. The van der Waals surface area contributed by atoms with Crippen LogP contribution in [0.5, 0.6) is 0 Å². The van der Waals surface area contributed by atoms with Gasteiger partial charge in [-0.25, -0.2) is 13.5 Å². The van der Waals surface area contributed by atoms with Crippen molar-refractivity contribution in [3.63, 3.8) is 0 Å². The van der Waals surface area contributed by atoms with Crippen LogP contribution in [0.4, 0.5) is 12.7 Å². The molecule has 1 nitrogen and oxygen atoms in total. The Balaban J connectivity index is 2.86. The molecule has 50 valence electrons. The van der Waals surface area contributed by atoms with E-state index >= 15 is 0 Å². The van der Waals surface area contributed by atoms with Crippen LogP contribution in [0.25, 0.3) is 0 Å². The van der Waals surface area contributed by atoms with Crippen molar-refractivity contribution in [2.24, 2.45) is 0 Å². The summed E-state index contributed by atoms with van der Waals surface area (Å²) in [5.74, 6) is 0. The van der Waals surface area contributed by atoms with Crippen molar-refractivity contribution in [2.45, 2.75) is 6.17 Å². The third kappa shape index (κ3) is 4.26. The van der Waals surface area contributed by atoms with E-state index in [-0.39, 0.29) is 18.9 Å². The Morgan fingerprint density at radius 1 is 1.62 bits per heavy atom. The second-order valence-corrected chi connectivity index (χ2v) is 1.62. The van der Waals surface area contributed by atoms with E-state index < -0.39 is 12.8 Å². The third-order valence-corrected chi connectivity index (χ3v) is 0.803. The summed E-state index contributed by atoms with van der Waals surface area (Å²) in [4.78, 5) is 0. The van der Waals surface area contributed by atoms with Gasteiger partial charge in [-0.1, -0.05) is 0 Å². The van der Waals surface area contributed by atoms with Gasteiger partial charge in [0.25, 0.3) is 0 Å². The molecule has 0 aromatic rings. The predicted octanol–water partition coefficient (Wildman–Crippen LogP) is 1.42. The predicted molar refractivity (Wildman–Crippen MR) is 27.6 cm³/mol. The third-order valence-electron chi connectivity index (χ3n) is 0.527. The molecular formula is C3H6F3NS. The molecule has 1 atom stereocenters. The lowest BCUT2D eigenvalue weighted by atomic mass is 10.4. The fraction of sp³-hybridized carbons (Fsp3) is 1.00. The van der Waals surface area contributed by atoms with Crippen molar-refractivity contribution < 1.29 is 12.7 Å². The summed E-state index contributed by atoms with van der Waals surface area (Å²) in [6.07, 6.45) is -1.58. The van der Waals surface area contributed by atoms with Gasteiger partial charge in [0.2, 0.25) is 0 Å². The zero-order chi connectivity index (χ0) is 6.41. The molecule has 0 bridgehead atoms. The first kappa shape index (κ1) is 8.10. The molecule has 0 aromatic heterocycles. The summed E-state index contributed by atoms with van der Waals surface area (Å²) in [6, 6.07) is 0. The lowest BCUT2D eigenvalue weighted by Crippen LogP contribution is -2.18. The van der Waals surface area contributed by atoms with Crippen LogP contribution in [-0.2, 0) is 0 Å². The number of hydrogen-bond acceptors (Lipinski definition) is 2. The molecular weight excluding hydrogens is 139 g/mol. The number of rotatable bonds is 4. The Morgan fingerprint density at radius 2 is 2.25 bits per heavy atom. The lowest BCUT2D eigenvalue weighted by molar-refractivity contribution is 0.263. The average molecular weight is 145 g/mol. The maximum Gasteiger partial charge on any atom is 0.142 e. The van der Waals surface area contributed by atoms with Crippen LogP contribution >= 0.6 is 12.3 Å². The second kappa shape index (κ2) is 5.24. The van der Waals surface area contributed by atoms with Crippen LogP contribution in [0.15, 0.2) is 0 Å². The summed E-state index contributed by atoms with van der Waals surface area (Å²) in [6.45, 7) is -1.34. The SMILES string of the molecule is FCC(F)CNSF. The van der Waals surface area contributed by atoms with Gasteiger partial charge < -0.3 is 0 Å². The van der Waals surface area contributed by atoms with E-state index in [2.05, 4.69) is 0 Å². The Kier molecular flexibility index (Phi) is 5.31. The van der Waals surface area contributed by atoms with Crippen LogP contribution in [0.1, 0.15) is 0 Å². The van der Waals surface area contributed by atoms with E-state index in [4.69, 9.17) is 0 Å². The molecule has 0 radical (unpaired) electrons. The van der Waals surface area contributed by atoms with E-state index in [1.165, 1.54) is 0 Å². The van der Waals surface area contributed by atoms with Gasteiger partial charge in [0, 0.05) is 6.54 Å². The molecule has 0 aliphatic heterocycles. The fourth-order valence-electron chi connectivity index (χ4n) is 0.176. The first-order valence-corrected chi connectivity index (χ1v) is 2.73. The zero-order valence-electron chi connectivity index (χ0n) is 4.03. The van der Waals surface area contributed by atoms with E-state index in [1.54, 1.807) is 0 Å². The monoisotopic (exact) mass is 145 g/mol. The number of alkyl halides is 2. The van der Waals surface area contributed by atoms with Gasteiger partial charge in [-0.15, -0.1) is 3.89 Å². The summed E-state index contributed by atoms with van der Waals surface area (Å²) in [5.41, 5.74) is 0. The topological polar surface area (TPSA) is 12.0 Å². The average Bonchev–Trinajstić information content (AvgIpc) is 1.83. The largest absolute Gasteiger partial charge is 0.248 e. The van der Waals surface area contributed by atoms with Gasteiger partial charge in [0.15, 0.2) is 0 Å². The molecule has 0 heterocycles.